The lowest BCUT2D eigenvalue weighted by Gasteiger charge is -2.38. The minimum atomic E-state index is -4.45. The Bertz CT molecular complexity index is 443. The van der Waals surface area contributed by atoms with Gasteiger partial charge in [0, 0.05) is 19.3 Å². The third-order valence-electron chi connectivity index (χ3n) is 3.38. The first-order valence-electron chi connectivity index (χ1n) is 5.96. The molecule has 1 aliphatic heterocycles. The van der Waals surface area contributed by atoms with E-state index in [1.165, 1.54) is 17.2 Å². The van der Waals surface area contributed by atoms with E-state index in [9.17, 15) is 18.3 Å². The smallest absolute Gasteiger partial charge is 0.393 e. The molecule has 0 aliphatic carbocycles. The van der Waals surface area contributed by atoms with E-state index in [4.69, 9.17) is 5.11 Å². The fourth-order valence-corrected chi connectivity index (χ4v) is 2.16. The van der Waals surface area contributed by atoms with Gasteiger partial charge in [-0.1, -0.05) is 0 Å². The summed E-state index contributed by atoms with van der Waals surface area (Å²) in [6, 6.07) is 2.25. The lowest BCUT2D eigenvalue weighted by Crippen LogP contribution is -2.47. The van der Waals surface area contributed by atoms with Gasteiger partial charge in [-0.3, -0.25) is 0 Å². The quantitative estimate of drug-likeness (QED) is 0.858. The average Bonchev–Trinajstić information content (AvgIpc) is 2.39. The molecule has 2 N–H and O–H groups in total. The number of alkyl halides is 3. The second-order valence-electron chi connectivity index (χ2n) is 4.74. The van der Waals surface area contributed by atoms with Gasteiger partial charge < -0.3 is 15.1 Å². The second kappa shape index (κ2) is 4.97. The summed E-state index contributed by atoms with van der Waals surface area (Å²) in [7, 11) is 0. The van der Waals surface area contributed by atoms with Crippen LogP contribution in [0.4, 0.5) is 19.0 Å². The number of aliphatic hydroxyl groups excluding tert-OH is 1. The molecule has 0 spiro atoms. The highest BCUT2D eigenvalue weighted by atomic mass is 19.4. The van der Waals surface area contributed by atoms with Crippen LogP contribution in [0.1, 0.15) is 18.4 Å². The van der Waals surface area contributed by atoms with Crippen LogP contribution in [-0.4, -0.2) is 40.5 Å². The predicted molar refractivity (Wildman–Crippen MR) is 62.7 cm³/mol. The Balaban J connectivity index is 2.21. The zero-order chi connectivity index (χ0) is 14.1. The lowest BCUT2D eigenvalue weighted by molar-refractivity contribution is -0.137. The molecule has 1 fully saturated rings. The topological polar surface area (TPSA) is 56.6 Å². The Hall–Kier alpha value is -1.34. The number of anilines is 1. The molecule has 19 heavy (non-hydrogen) atoms. The van der Waals surface area contributed by atoms with Crippen molar-refractivity contribution >= 4 is 5.82 Å². The summed E-state index contributed by atoms with van der Waals surface area (Å²) in [5.74, 6) is -0.116. The molecule has 1 aromatic heterocycles. The van der Waals surface area contributed by atoms with Gasteiger partial charge in [-0.05, 0) is 25.0 Å². The van der Waals surface area contributed by atoms with Gasteiger partial charge in [-0.15, -0.1) is 0 Å². The number of hydrogen-bond acceptors (Lipinski definition) is 4. The maximum atomic E-state index is 12.9. The van der Waals surface area contributed by atoms with E-state index in [0.717, 1.165) is 6.07 Å². The van der Waals surface area contributed by atoms with Crippen molar-refractivity contribution in [2.75, 3.05) is 24.6 Å². The van der Waals surface area contributed by atoms with Gasteiger partial charge >= 0.3 is 6.18 Å². The molecule has 0 unspecified atom stereocenters. The highest BCUT2D eigenvalue weighted by molar-refractivity contribution is 5.48. The van der Waals surface area contributed by atoms with Crippen LogP contribution >= 0.6 is 0 Å². The SMILES string of the molecule is OCC1(O)CCN(c2ncccc2C(F)(F)F)CC1. The van der Waals surface area contributed by atoms with Gasteiger partial charge in [0.2, 0.25) is 0 Å². The number of halogens is 3. The Morgan fingerprint density at radius 1 is 1.32 bits per heavy atom. The first-order chi connectivity index (χ1) is 8.86. The summed E-state index contributed by atoms with van der Waals surface area (Å²) < 4.78 is 38.6. The molecular weight excluding hydrogens is 261 g/mol. The zero-order valence-electron chi connectivity index (χ0n) is 10.2. The van der Waals surface area contributed by atoms with Crippen molar-refractivity contribution in [1.29, 1.82) is 0 Å². The monoisotopic (exact) mass is 276 g/mol. The van der Waals surface area contributed by atoms with Crippen LogP contribution in [0, 0.1) is 0 Å². The molecule has 0 saturated carbocycles. The van der Waals surface area contributed by atoms with Gasteiger partial charge in [-0.25, -0.2) is 4.98 Å². The minimum Gasteiger partial charge on any atom is -0.393 e. The van der Waals surface area contributed by atoms with Crippen LogP contribution in [0.5, 0.6) is 0 Å². The fraction of sp³-hybridized carbons (Fsp3) is 0.583. The standard InChI is InChI=1S/C12H15F3N2O2/c13-12(14,15)9-2-1-5-16-10(9)17-6-3-11(19,8-18)4-7-17/h1-2,5,18-19H,3-4,6-8H2. The number of aliphatic hydroxyl groups is 2. The molecule has 1 saturated heterocycles. The number of aromatic nitrogens is 1. The number of rotatable bonds is 2. The predicted octanol–water partition coefficient (Wildman–Crippen LogP) is 1.42. The van der Waals surface area contributed by atoms with Crippen LogP contribution < -0.4 is 4.90 Å². The van der Waals surface area contributed by atoms with Crippen molar-refractivity contribution in [1.82, 2.24) is 4.98 Å². The van der Waals surface area contributed by atoms with E-state index < -0.39 is 17.3 Å². The first-order valence-corrected chi connectivity index (χ1v) is 5.96. The first kappa shape index (κ1) is 14.1. The Morgan fingerprint density at radius 3 is 2.47 bits per heavy atom. The minimum absolute atomic E-state index is 0.116. The number of pyridine rings is 1. The lowest BCUT2D eigenvalue weighted by atomic mass is 9.92. The normalized spacial score (nSPS) is 19.5. The van der Waals surface area contributed by atoms with E-state index in [1.54, 1.807) is 0 Å². The average molecular weight is 276 g/mol. The molecule has 2 rings (SSSR count). The highest BCUT2D eigenvalue weighted by Gasteiger charge is 2.38. The van der Waals surface area contributed by atoms with Crippen LogP contribution in [0.3, 0.4) is 0 Å². The molecular formula is C12H15F3N2O2. The Morgan fingerprint density at radius 2 is 1.95 bits per heavy atom. The molecule has 0 atom stereocenters. The van der Waals surface area contributed by atoms with E-state index in [1.807, 2.05) is 0 Å². The largest absolute Gasteiger partial charge is 0.419 e. The van der Waals surface area contributed by atoms with Gasteiger partial charge in [-0.2, -0.15) is 13.2 Å². The number of piperidine rings is 1. The van der Waals surface area contributed by atoms with Crippen LogP contribution in [0.2, 0.25) is 0 Å². The van der Waals surface area contributed by atoms with E-state index >= 15 is 0 Å². The molecule has 2 heterocycles. The summed E-state index contributed by atoms with van der Waals surface area (Å²) in [5, 5.41) is 18.9. The molecule has 0 amide bonds. The Labute approximate surface area is 108 Å². The van der Waals surface area contributed by atoms with Crippen molar-refractivity contribution < 1.29 is 23.4 Å². The molecule has 1 aliphatic rings. The second-order valence-corrected chi connectivity index (χ2v) is 4.74. The van der Waals surface area contributed by atoms with Crippen LogP contribution in [0.15, 0.2) is 18.3 Å². The molecule has 1 aromatic rings. The molecule has 0 radical (unpaired) electrons. The summed E-state index contributed by atoms with van der Waals surface area (Å²) in [4.78, 5) is 5.30. The summed E-state index contributed by atoms with van der Waals surface area (Å²) in [5.41, 5.74) is -1.96. The van der Waals surface area contributed by atoms with Crippen molar-refractivity contribution in [3.05, 3.63) is 23.9 Å². The fourth-order valence-electron chi connectivity index (χ4n) is 2.16. The van der Waals surface area contributed by atoms with E-state index in [0.29, 0.717) is 0 Å². The van der Waals surface area contributed by atoms with E-state index in [2.05, 4.69) is 4.98 Å². The third kappa shape index (κ3) is 2.98. The highest BCUT2D eigenvalue weighted by Crippen LogP contribution is 2.36. The molecule has 7 heteroatoms. The van der Waals surface area contributed by atoms with Crippen molar-refractivity contribution in [3.8, 4) is 0 Å². The van der Waals surface area contributed by atoms with Crippen molar-refractivity contribution in [2.24, 2.45) is 0 Å². The van der Waals surface area contributed by atoms with Gasteiger partial charge in [0.25, 0.3) is 0 Å². The molecule has 106 valence electrons. The third-order valence-corrected chi connectivity index (χ3v) is 3.38. The van der Waals surface area contributed by atoms with Gasteiger partial charge in [0.05, 0.1) is 17.8 Å². The number of hydrogen-bond donors (Lipinski definition) is 2. The maximum absolute atomic E-state index is 12.9. The van der Waals surface area contributed by atoms with Crippen molar-refractivity contribution in [3.63, 3.8) is 0 Å². The Kier molecular flexibility index (Phi) is 3.69. The van der Waals surface area contributed by atoms with Crippen LogP contribution in [-0.2, 0) is 6.18 Å². The molecule has 4 nitrogen and oxygen atoms in total. The number of nitrogens with zero attached hydrogens (tertiary/aromatic N) is 2. The van der Waals surface area contributed by atoms with Gasteiger partial charge in [0.1, 0.15) is 5.82 Å². The maximum Gasteiger partial charge on any atom is 0.419 e. The summed E-state index contributed by atoms with van der Waals surface area (Å²) >= 11 is 0. The van der Waals surface area contributed by atoms with E-state index in [-0.39, 0.29) is 38.4 Å². The zero-order valence-corrected chi connectivity index (χ0v) is 10.2. The van der Waals surface area contributed by atoms with Crippen LogP contribution in [0.25, 0.3) is 0 Å². The molecule has 0 aromatic carbocycles. The van der Waals surface area contributed by atoms with Crippen molar-refractivity contribution in [2.45, 2.75) is 24.6 Å². The molecule has 0 bridgehead atoms. The summed E-state index contributed by atoms with van der Waals surface area (Å²) in [6.07, 6.45) is -2.69. The van der Waals surface area contributed by atoms with Gasteiger partial charge in [0.15, 0.2) is 0 Å². The summed E-state index contributed by atoms with van der Waals surface area (Å²) in [6.45, 7) is 0.0868.